The van der Waals surface area contributed by atoms with E-state index < -0.39 is 6.04 Å². The number of amides is 3. The van der Waals surface area contributed by atoms with Gasteiger partial charge in [0.05, 0.1) is 12.1 Å². The number of imide groups is 1. The molecule has 0 radical (unpaired) electrons. The molecule has 3 aromatic carbocycles. The Morgan fingerprint density at radius 3 is 2.32 bits per heavy atom. The fourth-order valence-corrected chi connectivity index (χ4v) is 5.51. The summed E-state index contributed by atoms with van der Waals surface area (Å²) in [5.74, 6) is -0.866. The molecule has 3 amide bonds. The molecule has 0 aromatic heterocycles. The van der Waals surface area contributed by atoms with Crippen molar-refractivity contribution in [1.82, 2.24) is 9.80 Å². The van der Waals surface area contributed by atoms with Crippen molar-refractivity contribution in [2.75, 3.05) is 18.0 Å². The van der Waals surface area contributed by atoms with E-state index in [1.807, 2.05) is 43.3 Å². The summed E-state index contributed by atoms with van der Waals surface area (Å²) in [4.78, 5) is 45.9. The average Bonchev–Trinajstić information content (AvgIpc) is 3.19. The van der Waals surface area contributed by atoms with Gasteiger partial charge in [0.25, 0.3) is 11.8 Å². The molecule has 190 valence electrons. The van der Waals surface area contributed by atoms with Crippen LogP contribution in [0, 0.1) is 6.92 Å². The summed E-state index contributed by atoms with van der Waals surface area (Å²) in [5.41, 5.74) is 3.24. The first-order chi connectivity index (χ1) is 17.9. The van der Waals surface area contributed by atoms with Crippen molar-refractivity contribution in [3.8, 4) is 0 Å². The molecule has 2 fully saturated rings. The highest BCUT2D eigenvalue weighted by Crippen LogP contribution is 2.31. The van der Waals surface area contributed by atoms with E-state index in [4.69, 9.17) is 11.6 Å². The van der Waals surface area contributed by atoms with Crippen LogP contribution in [0.15, 0.2) is 78.9 Å². The standard InChI is InChI=1S/C30H30ClN3O3/c1-21-6-5-9-23(18-21)29(36)33(26-14-16-32(17-15-26)20-22-7-3-2-4-8-22)27-19-28(35)34(30(27)37)25-12-10-24(31)11-13-25/h2-13,18,26-27H,14-17,19-20H2,1H3. The van der Waals surface area contributed by atoms with Gasteiger partial charge in [0, 0.05) is 36.3 Å². The number of carbonyl (C=O) groups is 3. The highest BCUT2D eigenvalue weighted by Gasteiger charge is 2.47. The molecule has 1 unspecified atom stereocenters. The third-order valence-corrected chi connectivity index (χ3v) is 7.49. The van der Waals surface area contributed by atoms with E-state index in [0.717, 1.165) is 38.0 Å². The van der Waals surface area contributed by atoms with Gasteiger partial charge < -0.3 is 4.90 Å². The highest BCUT2D eigenvalue weighted by molar-refractivity contribution is 6.31. The van der Waals surface area contributed by atoms with Gasteiger partial charge in [-0.3, -0.25) is 19.3 Å². The van der Waals surface area contributed by atoms with E-state index in [1.54, 1.807) is 35.2 Å². The van der Waals surface area contributed by atoms with Gasteiger partial charge in [0.15, 0.2) is 0 Å². The van der Waals surface area contributed by atoms with Crippen molar-refractivity contribution < 1.29 is 14.4 Å². The van der Waals surface area contributed by atoms with Gasteiger partial charge in [0.2, 0.25) is 5.91 Å². The molecule has 1 atom stereocenters. The summed E-state index contributed by atoms with van der Waals surface area (Å²) in [5, 5.41) is 0.526. The maximum Gasteiger partial charge on any atom is 0.257 e. The number of likely N-dealkylation sites (tertiary alicyclic amines) is 1. The molecule has 37 heavy (non-hydrogen) atoms. The smallest absolute Gasteiger partial charge is 0.257 e. The van der Waals surface area contributed by atoms with Crippen LogP contribution >= 0.6 is 11.6 Å². The first-order valence-corrected chi connectivity index (χ1v) is 13.1. The molecule has 0 spiro atoms. The Balaban J connectivity index is 1.39. The number of aryl methyl sites for hydroxylation is 1. The Morgan fingerprint density at radius 2 is 1.65 bits per heavy atom. The van der Waals surface area contributed by atoms with Crippen molar-refractivity contribution in [3.05, 3.63) is 101 Å². The minimum Gasteiger partial charge on any atom is -0.323 e. The third-order valence-electron chi connectivity index (χ3n) is 7.24. The van der Waals surface area contributed by atoms with Crippen molar-refractivity contribution in [1.29, 1.82) is 0 Å². The quantitative estimate of drug-likeness (QED) is 0.429. The van der Waals surface area contributed by atoms with Crippen LogP contribution in [0.1, 0.15) is 40.7 Å². The largest absolute Gasteiger partial charge is 0.323 e. The molecule has 3 aromatic rings. The van der Waals surface area contributed by atoms with Gasteiger partial charge in [-0.15, -0.1) is 0 Å². The minimum atomic E-state index is -0.832. The van der Waals surface area contributed by atoms with Crippen molar-refractivity contribution in [2.45, 2.75) is 44.8 Å². The SMILES string of the molecule is Cc1cccc(C(=O)N(C2CCN(Cc3ccccc3)CC2)C2CC(=O)N(c3ccc(Cl)cc3)C2=O)c1. The summed E-state index contributed by atoms with van der Waals surface area (Å²) in [7, 11) is 0. The van der Waals surface area contributed by atoms with Crippen LogP contribution in [-0.4, -0.2) is 52.7 Å². The van der Waals surface area contributed by atoms with Crippen LogP contribution in [0.2, 0.25) is 5.02 Å². The number of hydrogen-bond donors (Lipinski definition) is 0. The van der Waals surface area contributed by atoms with Gasteiger partial charge in [-0.1, -0.05) is 59.6 Å². The Hall–Kier alpha value is -3.48. The molecular formula is C30H30ClN3O3. The zero-order chi connectivity index (χ0) is 25.9. The molecule has 2 aliphatic rings. The average molecular weight is 516 g/mol. The van der Waals surface area contributed by atoms with Gasteiger partial charge in [-0.25, -0.2) is 4.90 Å². The van der Waals surface area contributed by atoms with E-state index in [2.05, 4.69) is 17.0 Å². The van der Waals surface area contributed by atoms with E-state index in [1.165, 1.54) is 10.5 Å². The van der Waals surface area contributed by atoms with Crippen LogP contribution in [0.5, 0.6) is 0 Å². The summed E-state index contributed by atoms with van der Waals surface area (Å²) in [6, 6.07) is 23.4. The second kappa shape index (κ2) is 10.9. The Kier molecular flexibility index (Phi) is 7.40. The molecule has 2 saturated heterocycles. The number of anilines is 1. The summed E-state index contributed by atoms with van der Waals surface area (Å²) < 4.78 is 0. The predicted molar refractivity (Wildman–Crippen MR) is 144 cm³/mol. The normalized spacial score (nSPS) is 18.9. The number of piperidine rings is 1. The van der Waals surface area contributed by atoms with Crippen molar-refractivity contribution in [3.63, 3.8) is 0 Å². The zero-order valence-corrected chi connectivity index (χ0v) is 21.6. The second-order valence-electron chi connectivity index (χ2n) is 9.84. The topological polar surface area (TPSA) is 60.9 Å². The number of carbonyl (C=O) groups excluding carboxylic acids is 3. The summed E-state index contributed by atoms with van der Waals surface area (Å²) in [6.45, 7) is 4.42. The summed E-state index contributed by atoms with van der Waals surface area (Å²) in [6.07, 6.45) is 1.45. The molecule has 0 bridgehead atoms. The van der Waals surface area contributed by atoms with E-state index in [0.29, 0.717) is 16.3 Å². The van der Waals surface area contributed by atoms with Gasteiger partial charge in [-0.05, 0) is 61.7 Å². The van der Waals surface area contributed by atoms with Gasteiger partial charge in [0.1, 0.15) is 6.04 Å². The van der Waals surface area contributed by atoms with Crippen LogP contribution in [0.25, 0.3) is 0 Å². The lowest BCUT2D eigenvalue weighted by Gasteiger charge is -2.40. The maximum atomic E-state index is 13.9. The molecule has 0 aliphatic carbocycles. The van der Waals surface area contributed by atoms with Crippen LogP contribution in [0.3, 0.4) is 0 Å². The molecule has 0 N–H and O–H groups in total. The molecule has 0 saturated carbocycles. The molecule has 2 heterocycles. The molecule has 2 aliphatic heterocycles. The van der Waals surface area contributed by atoms with Crippen molar-refractivity contribution >= 4 is 35.0 Å². The molecule has 6 nitrogen and oxygen atoms in total. The minimum absolute atomic E-state index is 0.0246. The van der Waals surface area contributed by atoms with Crippen molar-refractivity contribution in [2.24, 2.45) is 0 Å². The van der Waals surface area contributed by atoms with E-state index in [-0.39, 0.29) is 30.2 Å². The number of nitrogens with zero attached hydrogens (tertiary/aromatic N) is 3. The van der Waals surface area contributed by atoms with Gasteiger partial charge >= 0.3 is 0 Å². The fraction of sp³-hybridized carbons (Fsp3) is 0.300. The van der Waals surface area contributed by atoms with Gasteiger partial charge in [-0.2, -0.15) is 0 Å². The van der Waals surface area contributed by atoms with E-state index in [9.17, 15) is 14.4 Å². The fourth-order valence-electron chi connectivity index (χ4n) is 5.38. The number of benzene rings is 3. The summed E-state index contributed by atoms with van der Waals surface area (Å²) >= 11 is 6.01. The zero-order valence-electron chi connectivity index (χ0n) is 20.8. The number of rotatable bonds is 6. The molecule has 7 heteroatoms. The van der Waals surface area contributed by atoms with Crippen LogP contribution in [0.4, 0.5) is 5.69 Å². The number of hydrogen-bond acceptors (Lipinski definition) is 4. The first-order valence-electron chi connectivity index (χ1n) is 12.7. The van der Waals surface area contributed by atoms with Crippen LogP contribution in [-0.2, 0) is 16.1 Å². The Morgan fingerprint density at radius 1 is 0.946 bits per heavy atom. The Labute approximate surface area is 222 Å². The molecular weight excluding hydrogens is 486 g/mol. The highest BCUT2D eigenvalue weighted by atomic mass is 35.5. The monoisotopic (exact) mass is 515 g/mol. The first kappa shape index (κ1) is 25.2. The van der Waals surface area contributed by atoms with Crippen LogP contribution < -0.4 is 4.90 Å². The predicted octanol–water partition coefficient (Wildman–Crippen LogP) is 5.09. The lowest BCUT2D eigenvalue weighted by atomic mass is 9.98. The lowest BCUT2D eigenvalue weighted by Crippen LogP contribution is -2.54. The Bertz CT molecular complexity index is 1290. The second-order valence-corrected chi connectivity index (χ2v) is 10.3. The maximum absolute atomic E-state index is 13.9. The number of halogens is 1. The molecule has 5 rings (SSSR count). The van der Waals surface area contributed by atoms with E-state index >= 15 is 0 Å². The lowest BCUT2D eigenvalue weighted by molar-refractivity contribution is -0.123. The third kappa shape index (κ3) is 5.45.